The molecule has 0 saturated carbocycles. The van der Waals surface area contributed by atoms with Crippen LogP contribution < -0.4 is 4.90 Å². The molecule has 0 aromatic carbocycles. The zero-order valence-electron chi connectivity index (χ0n) is 9.82. The molecule has 16 heavy (non-hydrogen) atoms. The Hall–Kier alpha value is -1.10. The van der Waals surface area contributed by atoms with E-state index in [1.54, 1.807) is 11.3 Å². The Morgan fingerprint density at radius 3 is 2.88 bits per heavy atom. The van der Waals surface area contributed by atoms with Crippen molar-refractivity contribution in [2.24, 2.45) is 0 Å². The van der Waals surface area contributed by atoms with Crippen molar-refractivity contribution in [1.29, 1.82) is 0 Å². The fourth-order valence-electron chi connectivity index (χ4n) is 1.96. The Balaban J connectivity index is 2.22. The van der Waals surface area contributed by atoms with Gasteiger partial charge in [-0.05, 0) is 26.7 Å². The minimum absolute atomic E-state index is 0.144. The number of aromatic nitrogens is 1. The largest absolute Gasteiger partial charge is 0.467 e. The zero-order chi connectivity index (χ0) is 11.7. The van der Waals surface area contributed by atoms with E-state index in [1.807, 2.05) is 6.92 Å². The van der Waals surface area contributed by atoms with Crippen LogP contribution in [0.4, 0.5) is 5.13 Å². The third-order valence-electron chi connectivity index (χ3n) is 2.99. The molecule has 1 fully saturated rings. The fourth-order valence-corrected chi connectivity index (χ4v) is 2.94. The first-order valence-electron chi connectivity index (χ1n) is 5.42. The summed E-state index contributed by atoms with van der Waals surface area (Å²) in [5.41, 5.74) is 1.05. The van der Waals surface area contributed by atoms with Crippen LogP contribution in [0.25, 0.3) is 0 Å². The smallest absolute Gasteiger partial charge is 0.328 e. The average Bonchev–Trinajstić information content (AvgIpc) is 2.85. The number of hydrogen-bond acceptors (Lipinski definition) is 5. The zero-order valence-corrected chi connectivity index (χ0v) is 10.6. The number of nitrogens with zero attached hydrogens (tertiary/aromatic N) is 2. The first kappa shape index (κ1) is 11.4. The van der Waals surface area contributed by atoms with Gasteiger partial charge in [-0.3, -0.25) is 0 Å². The molecule has 5 heteroatoms. The molecule has 1 aromatic heterocycles. The van der Waals surface area contributed by atoms with Crippen LogP contribution in [0.3, 0.4) is 0 Å². The summed E-state index contributed by atoms with van der Waals surface area (Å²) in [6, 6.07) is -0.144. The van der Waals surface area contributed by atoms with Gasteiger partial charge in [0.25, 0.3) is 0 Å². The Labute approximate surface area is 99.2 Å². The van der Waals surface area contributed by atoms with Gasteiger partial charge in [-0.2, -0.15) is 0 Å². The number of rotatable bonds is 2. The second-order valence-electron chi connectivity index (χ2n) is 4.01. The van der Waals surface area contributed by atoms with E-state index in [0.29, 0.717) is 0 Å². The van der Waals surface area contributed by atoms with E-state index in [-0.39, 0.29) is 12.0 Å². The summed E-state index contributed by atoms with van der Waals surface area (Å²) in [6.45, 7) is 4.95. The van der Waals surface area contributed by atoms with Crippen molar-refractivity contribution in [3.8, 4) is 0 Å². The highest BCUT2D eigenvalue weighted by molar-refractivity contribution is 7.15. The van der Waals surface area contributed by atoms with Crippen LogP contribution in [0, 0.1) is 13.8 Å². The highest BCUT2D eigenvalue weighted by atomic mass is 32.1. The van der Waals surface area contributed by atoms with E-state index in [1.165, 1.54) is 12.0 Å². The first-order valence-corrected chi connectivity index (χ1v) is 6.23. The summed E-state index contributed by atoms with van der Waals surface area (Å²) in [5, 5.41) is 0.947. The molecule has 0 spiro atoms. The van der Waals surface area contributed by atoms with Crippen LogP contribution in [0.5, 0.6) is 0 Å². The molecular formula is C11H16N2O2S. The molecule has 1 unspecified atom stereocenters. The van der Waals surface area contributed by atoms with E-state index >= 15 is 0 Å². The molecule has 0 aliphatic carbocycles. The summed E-state index contributed by atoms with van der Waals surface area (Å²) in [5.74, 6) is -0.150. The Kier molecular flexibility index (Phi) is 3.14. The second kappa shape index (κ2) is 4.41. The van der Waals surface area contributed by atoms with Gasteiger partial charge >= 0.3 is 5.97 Å². The summed E-state index contributed by atoms with van der Waals surface area (Å²) >= 11 is 1.65. The minimum atomic E-state index is -0.150. The maximum absolute atomic E-state index is 11.6. The van der Waals surface area contributed by atoms with E-state index in [2.05, 4.69) is 16.8 Å². The van der Waals surface area contributed by atoms with Gasteiger partial charge in [0.1, 0.15) is 6.04 Å². The number of carbonyl (C=O) groups excluding carboxylic acids is 1. The quantitative estimate of drug-likeness (QED) is 0.740. The fraction of sp³-hybridized carbons (Fsp3) is 0.636. The number of thiazole rings is 1. The lowest BCUT2D eigenvalue weighted by molar-refractivity contribution is -0.141. The van der Waals surface area contributed by atoms with Gasteiger partial charge in [0.15, 0.2) is 5.13 Å². The SMILES string of the molecule is COC(=O)C1CCCN1c1nc(C)c(C)s1. The lowest BCUT2D eigenvalue weighted by Crippen LogP contribution is -2.36. The number of esters is 1. The normalized spacial score (nSPS) is 20.2. The summed E-state index contributed by atoms with van der Waals surface area (Å²) in [7, 11) is 1.44. The lowest BCUT2D eigenvalue weighted by atomic mass is 10.2. The van der Waals surface area contributed by atoms with Crippen molar-refractivity contribution < 1.29 is 9.53 Å². The predicted molar refractivity (Wildman–Crippen MR) is 64.0 cm³/mol. The van der Waals surface area contributed by atoms with Gasteiger partial charge in [0, 0.05) is 11.4 Å². The van der Waals surface area contributed by atoms with Crippen molar-refractivity contribution >= 4 is 22.4 Å². The molecule has 2 rings (SSSR count). The van der Waals surface area contributed by atoms with Crippen molar-refractivity contribution in [2.75, 3.05) is 18.6 Å². The number of methoxy groups -OCH3 is 1. The van der Waals surface area contributed by atoms with E-state index < -0.39 is 0 Å². The topological polar surface area (TPSA) is 42.4 Å². The number of aryl methyl sites for hydroxylation is 2. The molecular weight excluding hydrogens is 224 g/mol. The number of anilines is 1. The summed E-state index contributed by atoms with van der Waals surface area (Å²) in [4.78, 5) is 19.4. The van der Waals surface area contributed by atoms with Crippen LogP contribution in [-0.2, 0) is 9.53 Å². The van der Waals surface area contributed by atoms with Gasteiger partial charge in [-0.1, -0.05) is 0 Å². The van der Waals surface area contributed by atoms with Gasteiger partial charge in [0.2, 0.25) is 0 Å². The van der Waals surface area contributed by atoms with Crippen LogP contribution in [0.1, 0.15) is 23.4 Å². The lowest BCUT2D eigenvalue weighted by Gasteiger charge is -2.21. The van der Waals surface area contributed by atoms with Crippen LogP contribution in [-0.4, -0.2) is 30.6 Å². The predicted octanol–water partition coefficient (Wildman–Crippen LogP) is 1.90. The number of carbonyl (C=O) groups is 1. The van der Waals surface area contributed by atoms with Crippen molar-refractivity contribution in [2.45, 2.75) is 32.7 Å². The molecule has 2 heterocycles. The summed E-state index contributed by atoms with van der Waals surface area (Å²) < 4.78 is 4.82. The third-order valence-corrected chi connectivity index (χ3v) is 4.10. The molecule has 1 aliphatic heterocycles. The highest BCUT2D eigenvalue weighted by Gasteiger charge is 2.33. The van der Waals surface area contributed by atoms with E-state index in [0.717, 1.165) is 30.2 Å². The minimum Gasteiger partial charge on any atom is -0.467 e. The van der Waals surface area contributed by atoms with E-state index in [4.69, 9.17) is 4.74 Å². The molecule has 1 aromatic rings. The van der Waals surface area contributed by atoms with Crippen molar-refractivity contribution in [3.05, 3.63) is 10.6 Å². The van der Waals surface area contributed by atoms with Gasteiger partial charge < -0.3 is 9.64 Å². The Morgan fingerprint density at radius 2 is 2.31 bits per heavy atom. The molecule has 0 bridgehead atoms. The highest BCUT2D eigenvalue weighted by Crippen LogP contribution is 2.31. The standard InChI is InChI=1S/C11H16N2O2S/c1-7-8(2)16-11(12-7)13-6-4-5-9(13)10(14)15-3/h9H,4-6H2,1-3H3. The van der Waals surface area contributed by atoms with Crippen LogP contribution in [0.2, 0.25) is 0 Å². The molecule has 4 nitrogen and oxygen atoms in total. The molecule has 88 valence electrons. The summed E-state index contributed by atoms with van der Waals surface area (Å²) in [6.07, 6.45) is 1.89. The van der Waals surface area contributed by atoms with Crippen LogP contribution >= 0.6 is 11.3 Å². The maximum atomic E-state index is 11.6. The first-order chi connectivity index (χ1) is 7.63. The molecule has 1 aliphatic rings. The Bertz CT molecular complexity index is 383. The molecule has 0 radical (unpaired) electrons. The number of ether oxygens (including phenoxy) is 1. The van der Waals surface area contributed by atoms with Gasteiger partial charge in [0.05, 0.1) is 12.8 Å². The third kappa shape index (κ3) is 1.91. The maximum Gasteiger partial charge on any atom is 0.328 e. The molecule has 1 saturated heterocycles. The molecule has 0 amide bonds. The average molecular weight is 240 g/mol. The van der Waals surface area contributed by atoms with Crippen molar-refractivity contribution in [1.82, 2.24) is 4.98 Å². The van der Waals surface area contributed by atoms with Crippen LogP contribution in [0.15, 0.2) is 0 Å². The molecule has 1 atom stereocenters. The van der Waals surface area contributed by atoms with Crippen molar-refractivity contribution in [3.63, 3.8) is 0 Å². The van der Waals surface area contributed by atoms with Gasteiger partial charge in [-0.15, -0.1) is 11.3 Å². The Morgan fingerprint density at radius 1 is 1.56 bits per heavy atom. The number of hydrogen-bond donors (Lipinski definition) is 0. The van der Waals surface area contributed by atoms with Gasteiger partial charge in [-0.25, -0.2) is 9.78 Å². The monoisotopic (exact) mass is 240 g/mol. The second-order valence-corrected chi connectivity index (χ2v) is 5.19. The molecule has 0 N–H and O–H groups in total. The van der Waals surface area contributed by atoms with E-state index in [9.17, 15) is 4.79 Å².